The molecular weight excluding hydrogens is 352 g/mol. The Morgan fingerprint density at radius 3 is 1.96 bits per heavy atom. The molecule has 0 atom stereocenters. The van der Waals surface area contributed by atoms with E-state index in [4.69, 9.17) is 0 Å². The van der Waals surface area contributed by atoms with Crippen LogP contribution in [0, 0.1) is 0 Å². The summed E-state index contributed by atoms with van der Waals surface area (Å²) in [5.74, 6) is 0. The van der Waals surface area contributed by atoms with Crippen molar-refractivity contribution in [2.24, 2.45) is 0 Å². The molecule has 2 heterocycles. The minimum atomic E-state index is -4.95. The van der Waals surface area contributed by atoms with E-state index in [1.165, 1.54) is 12.1 Å². The van der Waals surface area contributed by atoms with Gasteiger partial charge in [0.05, 0.1) is 16.8 Å². The van der Waals surface area contributed by atoms with E-state index in [9.17, 15) is 31.1 Å². The topological polar surface area (TPSA) is 58.6 Å². The fourth-order valence-electron chi connectivity index (χ4n) is 2.20. The summed E-state index contributed by atoms with van der Waals surface area (Å²) < 4.78 is 77.4. The predicted molar refractivity (Wildman–Crippen MR) is 75.6 cm³/mol. The maximum atomic E-state index is 12.9. The second-order valence-corrected chi connectivity index (χ2v) is 5.15. The van der Waals surface area contributed by atoms with Gasteiger partial charge in [-0.2, -0.15) is 26.3 Å². The van der Waals surface area contributed by atoms with Crippen LogP contribution in [0.15, 0.2) is 41.2 Å². The molecule has 0 fully saturated rings. The maximum absolute atomic E-state index is 12.9. The Balaban J connectivity index is 2.22. The zero-order valence-corrected chi connectivity index (χ0v) is 12.0. The monoisotopic (exact) mass is 359 g/mol. The minimum Gasteiger partial charge on any atom is -0.305 e. The third-order valence-corrected chi connectivity index (χ3v) is 3.36. The third kappa shape index (κ3) is 3.47. The van der Waals surface area contributed by atoms with Gasteiger partial charge in [0.25, 0.3) is 0 Å². The van der Waals surface area contributed by atoms with Crippen LogP contribution in [0.1, 0.15) is 11.1 Å². The summed E-state index contributed by atoms with van der Waals surface area (Å²) in [5, 5.41) is 7.56. The van der Waals surface area contributed by atoms with Gasteiger partial charge in [0.15, 0.2) is 5.65 Å². The van der Waals surface area contributed by atoms with E-state index < -0.39 is 29.0 Å². The number of H-pyrrole nitrogens is 1. The number of rotatable bonds is 1. The molecule has 0 amide bonds. The first-order chi connectivity index (χ1) is 11.5. The minimum absolute atomic E-state index is 0.0372. The molecule has 0 aliphatic rings. The number of benzene rings is 1. The van der Waals surface area contributed by atoms with Gasteiger partial charge in [-0.05, 0) is 30.3 Å². The second kappa shape index (κ2) is 5.57. The lowest BCUT2D eigenvalue weighted by Gasteiger charge is -2.14. The second-order valence-electron chi connectivity index (χ2n) is 5.15. The first kappa shape index (κ1) is 16.9. The van der Waals surface area contributed by atoms with Crippen molar-refractivity contribution in [3.8, 4) is 11.3 Å². The van der Waals surface area contributed by atoms with Crippen LogP contribution in [0.4, 0.5) is 26.3 Å². The molecule has 25 heavy (non-hydrogen) atoms. The summed E-state index contributed by atoms with van der Waals surface area (Å²) in [5.41, 5.74) is -3.85. The normalized spacial score (nSPS) is 12.6. The lowest BCUT2D eigenvalue weighted by atomic mass is 10.0. The summed E-state index contributed by atoms with van der Waals surface area (Å²) in [4.78, 5) is 13.5. The summed E-state index contributed by atoms with van der Waals surface area (Å²) in [6.45, 7) is 0. The third-order valence-electron chi connectivity index (χ3n) is 3.36. The Bertz CT molecular complexity index is 974. The van der Waals surface area contributed by atoms with Crippen LogP contribution >= 0.6 is 0 Å². The summed E-state index contributed by atoms with van der Waals surface area (Å²) in [6, 6.07) is 4.91. The molecule has 3 rings (SSSR count). The molecule has 2 aromatic heterocycles. The van der Waals surface area contributed by atoms with Crippen LogP contribution in [0.2, 0.25) is 0 Å². The van der Waals surface area contributed by atoms with Gasteiger partial charge < -0.3 is 4.98 Å². The Hall–Kier alpha value is -2.91. The maximum Gasteiger partial charge on any atom is 0.416 e. The number of hydrogen-bond acceptors (Lipinski definition) is 3. The Labute approximate surface area is 135 Å². The highest BCUT2D eigenvalue weighted by molar-refractivity contribution is 5.78. The summed E-state index contributed by atoms with van der Waals surface area (Å²) in [6.07, 6.45) is -9.91. The van der Waals surface area contributed by atoms with Crippen molar-refractivity contribution in [2.45, 2.75) is 12.4 Å². The first-order valence-electron chi connectivity index (χ1n) is 6.71. The molecular formula is C15H7F6N3O. The van der Waals surface area contributed by atoms with Crippen LogP contribution in [0.25, 0.3) is 22.3 Å². The van der Waals surface area contributed by atoms with Crippen LogP contribution in [-0.4, -0.2) is 15.2 Å². The zero-order valence-electron chi connectivity index (χ0n) is 12.0. The number of halogens is 6. The van der Waals surface area contributed by atoms with E-state index >= 15 is 0 Å². The van der Waals surface area contributed by atoms with Gasteiger partial charge in [-0.15, -0.1) is 10.2 Å². The number of aromatic amines is 1. The van der Waals surface area contributed by atoms with Crippen LogP contribution < -0.4 is 5.56 Å². The van der Waals surface area contributed by atoms with Gasteiger partial charge in [0.1, 0.15) is 0 Å². The molecule has 0 spiro atoms. The first-order valence-corrected chi connectivity index (χ1v) is 6.71. The van der Waals surface area contributed by atoms with Gasteiger partial charge in [-0.25, -0.2) is 0 Å². The van der Waals surface area contributed by atoms with Crippen molar-refractivity contribution >= 4 is 11.0 Å². The van der Waals surface area contributed by atoms with E-state index in [-0.39, 0.29) is 23.0 Å². The molecule has 10 heteroatoms. The number of pyridine rings is 1. The van der Waals surface area contributed by atoms with Crippen molar-refractivity contribution in [3.63, 3.8) is 0 Å². The van der Waals surface area contributed by atoms with E-state index in [2.05, 4.69) is 15.2 Å². The van der Waals surface area contributed by atoms with Crippen molar-refractivity contribution in [1.29, 1.82) is 0 Å². The van der Waals surface area contributed by atoms with Crippen molar-refractivity contribution in [1.82, 2.24) is 15.2 Å². The number of hydrogen-bond donors (Lipinski definition) is 1. The van der Waals surface area contributed by atoms with E-state index in [0.29, 0.717) is 17.5 Å². The molecule has 3 aromatic rings. The highest BCUT2D eigenvalue weighted by Gasteiger charge is 2.37. The standard InChI is InChI=1S/C15H7F6N3O/c16-14(17,18)9-3-8(4-10(6-9)15(19,20)21)11-5-7-1-2-12(25)22-13(7)24-23-11/h1-6H,(H,22,24,25). The molecule has 0 unspecified atom stereocenters. The number of nitrogens with one attached hydrogen (secondary N) is 1. The average molecular weight is 359 g/mol. The highest BCUT2D eigenvalue weighted by atomic mass is 19.4. The van der Waals surface area contributed by atoms with Gasteiger partial charge >= 0.3 is 12.4 Å². The Morgan fingerprint density at radius 1 is 0.800 bits per heavy atom. The highest BCUT2D eigenvalue weighted by Crippen LogP contribution is 2.38. The number of nitrogens with zero attached hydrogens (tertiary/aromatic N) is 2. The van der Waals surface area contributed by atoms with Gasteiger partial charge in [-0.3, -0.25) is 4.79 Å². The largest absolute Gasteiger partial charge is 0.416 e. The number of alkyl halides is 6. The fraction of sp³-hybridized carbons (Fsp3) is 0.133. The Kier molecular flexibility index (Phi) is 3.77. The van der Waals surface area contributed by atoms with Crippen LogP contribution in [0.5, 0.6) is 0 Å². The summed E-state index contributed by atoms with van der Waals surface area (Å²) in [7, 11) is 0. The van der Waals surface area contributed by atoms with Gasteiger partial charge in [0, 0.05) is 17.0 Å². The van der Waals surface area contributed by atoms with Crippen LogP contribution in [0.3, 0.4) is 0 Å². The molecule has 0 bridgehead atoms. The van der Waals surface area contributed by atoms with Crippen LogP contribution in [-0.2, 0) is 12.4 Å². The molecule has 4 nitrogen and oxygen atoms in total. The molecule has 0 radical (unpaired) electrons. The van der Waals surface area contributed by atoms with E-state index in [1.807, 2.05) is 0 Å². The van der Waals surface area contributed by atoms with E-state index in [0.717, 1.165) is 6.07 Å². The average Bonchev–Trinajstić information content (AvgIpc) is 2.52. The smallest absolute Gasteiger partial charge is 0.305 e. The fourth-order valence-corrected chi connectivity index (χ4v) is 2.20. The van der Waals surface area contributed by atoms with Crippen molar-refractivity contribution < 1.29 is 26.3 Å². The zero-order chi connectivity index (χ0) is 18.4. The molecule has 1 aromatic carbocycles. The molecule has 0 saturated carbocycles. The quantitative estimate of drug-likeness (QED) is 0.668. The molecule has 0 aliphatic carbocycles. The van der Waals surface area contributed by atoms with Gasteiger partial charge in [-0.1, -0.05) is 0 Å². The van der Waals surface area contributed by atoms with Gasteiger partial charge in [0.2, 0.25) is 5.56 Å². The Morgan fingerprint density at radius 2 is 1.40 bits per heavy atom. The molecule has 0 aliphatic heterocycles. The van der Waals surface area contributed by atoms with Crippen molar-refractivity contribution in [3.05, 3.63) is 57.9 Å². The number of fused-ring (bicyclic) bond motifs is 1. The molecule has 130 valence electrons. The molecule has 0 saturated heterocycles. The van der Waals surface area contributed by atoms with E-state index in [1.54, 1.807) is 0 Å². The molecule has 1 N–H and O–H groups in total. The SMILES string of the molecule is O=c1ccc2cc(-c3cc(C(F)(F)F)cc(C(F)(F)F)c3)nnc2[nH]1. The predicted octanol–water partition coefficient (Wildman–Crippen LogP) is 4.02. The summed E-state index contributed by atoms with van der Waals surface area (Å²) >= 11 is 0. The number of aromatic nitrogens is 3. The lowest BCUT2D eigenvalue weighted by molar-refractivity contribution is -0.143. The lowest BCUT2D eigenvalue weighted by Crippen LogP contribution is -2.11. The van der Waals surface area contributed by atoms with Crippen molar-refractivity contribution in [2.75, 3.05) is 0 Å².